The number of benzene rings is 4. The number of hydrogen-bond acceptors (Lipinski definition) is 3. The minimum absolute atomic E-state index is 0.103. The van der Waals surface area contributed by atoms with Crippen LogP contribution < -0.4 is 0 Å². The highest BCUT2D eigenvalue weighted by Gasteiger charge is 2.29. The molecule has 4 heteroatoms. The lowest BCUT2D eigenvalue weighted by atomic mass is 9.87. The molecular weight excluding hydrogens is 437 g/mol. The molecule has 0 radical (unpaired) electrons. The van der Waals surface area contributed by atoms with Crippen LogP contribution in [0.5, 0.6) is 0 Å². The molecule has 1 heterocycles. The molecular formula is C31H30FNO2. The fourth-order valence-corrected chi connectivity index (χ4v) is 4.99. The first-order valence-electron chi connectivity index (χ1n) is 12.3. The van der Waals surface area contributed by atoms with Crippen molar-refractivity contribution in [3.8, 4) is 0 Å². The Balaban J connectivity index is 1.22. The van der Waals surface area contributed by atoms with E-state index < -0.39 is 0 Å². The summed E-state index contributed by atoms with van der Waals surface area (Å²) in [5.74, 6) is 0.235. The van der Waals surface area contributed by atoms with Gasteiger partial charge in [0.15, 0.2) is 5.78 Å². The lowest BCUT2D eigenvalue weighted by Crippen LogP contribution is -2.39. The molecule has 1 fully saturated rings. The van der Waals surface area contributed by atoms with E-state index in [0.29, 0.717) is 19.1 Å². The monoisotopic (exact) mass is 467 g/mol. The highest BCUT2D eigenvalue weighted by molar-refractivity contribution is 6.01. The summed E-state index contributed by atoms with van der Waals surface area (Å²) in [6.07, 6.45) is 1.76. The molecule has 1 aliphatic rings. The molecule has 4 aromatic carbocycles. The van der Waals surface area contributed by atoms with Gasteiger partial charge in [-0.05, 0) is 71.9 Å². The van der Waals surface area contributed by atoms with Gasteiger partial charge in [-0.2, -0.15) is 0 Å². The maximum Gasteiger partial charge on any atom is 0.176 e. The molecule has 1 unspecified atom stereocenters. The number of piperidine rings is 1. The molecule has 1 aliphatic heterocycles. The van der Waals surface area contributed by atoms with Crippen LogP contribution in [0, 0.1) is 11.7 Å². The molecule has 0 aromatic heterocycles. The second kappa shape index (κ2) is 10.9. The Bertz CT molecular complexity index is 1260. The Kier molecular flexibility index (Phi) is 7.31. The summed E-state index contributed by atoms with van der Waals surface area (Å²) in [7, 11) is 0. The molecule has 0 spiro atoms. The lowest BCUT2D eigenvalue weighted by molar-refractivity contribution is -0.0208. The first-order chi connectivity index (χ1) is 17.2. The number of halogens is 1. The Morgan fingerprint density at radius 3 is 2.29 bits per heavy atom. The third-order valence-corrected chi connectivity index (χ3v) is 6.97. The van der Waals surface area contributed by atoms with Gasteiger partial charge >= 0.3 is 0 Å². The summed E-state index contributed by atoms with van der Waals surface area (Å²) < 4.78 is 20.0. The van der Waals surface area contributed by atoms with Gasteiger partial charge in [-0.1, -0.05) is 78.9 Å². The van der Waals surface area contributed by atoms with Crippen molar-refractivity contribution in [1.29, 1.82) is 0 Å². The molecule has 0 amide bonds. The van der Waals surface area contributed by atoms with Crippen molar-refractivity contribution in [2.45, 2.75) is 25.6 Å². The van der Waals surface area contributed by atoms with E-state index >= 15 is 0 Å². The van der Waals surface area contributed by atoms with Crippen molar-refractivity contribution in [3.05, 3.63) is 120 Å². The quantitative estimate of drug-likeness (QED) is 0.266. The summed E-state index contributed by atoms with van der Waals surface area (Å²) in [6, 6.07) is 30.9. The topological polar surface area (TPSA) is 29.5 Å². The lowest BCUT2D eigenvalue weighted by Gasteiger charge is -2.36. The number of ether oxygens (including phenoxy) is 1. The normalized spacial score (nSPS) is 15.8. The first-order valence-corrected chi connectivity index (χ1v) is 12.3. The van der Waals surface area contributed by atoms with Crippen LogP contribution in [-0.2, 0) is 11.3 Å². The van der Waals surface area contributed by atoms with Crippen LogP contribution in [0.25, 0.3) is 10.8 Å². The SMILES string of the molecule is O=C(CN1CCC(C(OCc2ccccc2)c2ccc(F)cc2)CC1)c1ccc2ccccc2c1. The van der Waals surface area contributed by atoms with Gasteiger partial charge in [-0.25, -0.2) is 4.39 Å². The molecule has 178 valence electrons. The van der Waals surface area contributed by atoms with Crippen molar-refractivity contribution in [1.82, 2.24) is 4.90 Å². The number of carbonyl (C=O) groups excluding carboxylic acids is 1. The summed E-state index contributed by atoms with van der Waals surface area (Å²) >= 11 is 0. The van der Waals surface area contributed by atoms with Crippen molar-refractivity contribution in [2.24, 2.45) is 5.92 Å². The summed E-state index contributed by atoms with van der Waals surface area (Å²) in [4.78, 5) is 15.2. The number of ketones is 1. The molecule has 0 bridgehead atoms. The van der Waals surface area contributed by atoms with Crippen molar-refractivity contribution >= 4 is 16.6 Å². The van der Waals surface area contributed by atoms with E-state index in [1.807, 2.05) is 66.7 Å². The van der Waals surface area contributed by atoms with Crippen LogP contribution in [0.15, 0.2) is 97.1 Å². The van der Waals surface area contributed by atoms with Gasteiger partial charge in [0.25, 0.3) is 0 Å². The van der Waals surface area contributed by atoms with E-state index in [1.165, 1.54) is 12.1 Å². The predicted octanol–water partition coefficient (Wildman–Crippen LogP) is 6.83. The molecule has 35 heavy (non-hydrogen) atoms. The van der Waals surface area contributed by atoms with E-state index in [-0.39, 0.29) is 17.7 Å². The van der Waals surface area contributed by atoms with Gasteiger partial charge in [0.1, 0.15) is 5.82 Å². The molecule has 0 N–H and O–H groups in total. The second-order valence-corrected chi connectivity index (χ2v) is 9.37. The maximum atomic E-state index is 13.6. The van der Waals surface area contributed by atoms with Gasteiger partial charge in [0, 0.05) is 5.56 Å². The van der Waals surface area contributed by atoms with Crippen LogP contribution >= 0.6 is 0 Å². The average Bonchev–Trinajstić information content (AvgIpc) is 2.91. The largest absolute Gasteiger partial charge is 0.369 e. The molecule has 0 aliphatic carbocycles. The number of rotatable bonds is 8. The highest BCUT2D eigenvalue weighted by Crippen LogP contribution is 2.35. The number of nitrogens with zero attached hydrogens (tertiary/aromatic N) is 1. The Morgan fingerprint density at radius 2 is 1.54 bits per heavy atom. The van der Waals surface area contributed by atoms with Gasteiger partial charge < -0.3 is 4.74 Å². The van der Waals surface area contributed by atoms with Crippen molar-refractivity contribution < 1.29 is 13.9 Å². The van der Waals surface area contributed by atoms with Crippen LogP contribution in [-0.4, -0.2) is 30.3 Å². The summed E-state index contributed by atoms with van der Waals surface area (Å²) in [6.45, 7) is 2.63. The standard InChI is InChI=1S/C31H30FNO2/c32-29-14-12-25(13-15-29)31(35-22-23-6-2-1-3-7-23)26-16-18-33(19-17-26)21-30(34)28-11-10-24-8-4-5-9-27(24)20-28/h1-15,20,26,31H,16-19,21-22H2. The van der Waals surface area contributed by atoms with Gasteiger partial charge in [0.2, 0.25) is 0 Å². The predicted molar refractivity (Wildman–Crippen MR) is 138 cm³/mol. The fourth-order valence-electron chi connectivity index (χ4n) is 4.99. The van der Waals surface area contributed by atoms with Crippen LogP contribution in [0.4, 0.5) is 4.39 Å². The van der Waals surface area contributed by atoms with Gasteiger partial charge in [-0.3, -0.25) is 9.69 Å². The highest BCUT2D eigenvalue weighted by atomic mass is 19.1. The van der Waals surface area contributed by atoms with E-state index in [0.717, 1.165) is 53.4 Å². The minimum Gasteiger partial charge on any atom is -0.369 e. The Morgan fingerprint density at radius 1 is 0.857 bits per heavy atom. The number of Topliss-reactive ketones (excluding diaryl/α,β-unsaturated/α-hetero) is 1. The minimum atomic E-state index is -0.238. The molecule has 4 aromatic rings. The van der Waals surface area contributed by atoms with Crippen LogP contribution in [0.3, 0.4) is 0 Å². The number of likely N-dealkylation sites (tertiary alicyclic amines) is 1. The van der Waals surface area contributed by atoms with E-state index in [9.17, 15) is 9.18 Å². The Hall–Kier alpha value is -3.34. The Labute approximate surface area is 206 Å². The van der Waals surface area contributed by atoms with E-state index in [2.05, 4.69) is 23.1 Å². The first kappa shape index (κ1) is 23.4. The fraction of sp³-hybridized carbons (Fsp3) is 0.258. The van der Waals surface area contributed by atoms with Gasteiger partial charge in [0.05, 0.1) is 19.3 Å². The molecule has 1 atom stereocenters. The van der Waals surface area contributed by atoms with E-state index in [4.69, 9.17) is 4.74 Å². The molecule has 5 rings (SSSR count). The second-order valence-electron chi connectivity index (χ2n) is 9.37. The molecule has 3 nitrogen and oxygen atoms in total. The zero-order chi connectivity index (χ0) is 24.0. The summed E-state index contributed by atoms with van der Waals surface area (Å²) in [5.41, 5.74) is 2.90. The zero-order valence-electron chi connectivity index (χ0n) is 19.8. The third-order valence-electron chi connectivity index (χ3n) is 6.97. The average molecular weight is 468 g/mol. The zero-order valence-corrected chi connectivity index (χ0v) is 19.8. The number of fused-ring (bicyclic) bond motifs is 1. The number of carbonyl (C=O) groups is 1. The maximum absolute atomic E-state index is 13.6. The molecule has 0 saturated carbocycles. The van der Waals surface area contributed by atoms with Crippen LogP contribution in [0.2, 0.25) is 0 Å². The number of hydrogen-bond donors (Lipinski definition) is 0. The third kappa shape index (κ3) is 5.84. The van der Waals surface area contributed by atoms with Gasteiger partial charge in [-0.15, -0.1) is 0 Å². The van der Waals surface area contributed by atoms with E-state index in [1.54, 1.807) is 0 Å². The smallest absolute Gasteiger partial charge is 0.176 e. The molecule has 1 saturated heterocycles. The summed E-state index contributed by atoms with van der Waals surface area (Å²) in [5, 5.41) is 2.24. The van der Waals surface area contributed by atoms with Crippen molar-refractivity contribution in [3.63, 3.8) is 0 Å². The van der Waals surface area contributed by atoms with Crippen LogP contribution in [0.1, 0.15) is 40.4 Å². The van der Waals surface area contributed by atoms with Crippen molar-refractivity contribution in [2.75, 3.05) is 19.6 Å².